The molecule has 1 aliphatic heterocycles. The van der Waals surface area contributed by atoms with Gasteiger partial charge >= 0.3 is 6.03 Å². The van der Waals surface area contributed by atoms with E-state index in [1.54, 1.807) is 12.1 Å². The summed E-state index contributed by atoms with van der Waals surface area (Å²) >= 11 is 1.34. The normalized spacial score (nSPS) is 16.1. The van der Waals surface area contributed by atoms with Crippen molar-refractivity contribution in [3.63, 3.8) is 0 Å². The van der Waals surface area contributed by atoms with Crippen LogP contribution in [-0.2, 0) is 22.6 Å². The van der Waals surface area contributed by atoms with Gasteiger partial charge in [0.05, 0.1) is 13.7 Å². The molecule has 0 aliphatic carbocycles. The van der Waals surface area contributed by atoms with Gasteiger partial charge in [-0.3, -0.25) is 14.5 Å². The molecule has 10 heteroatoms. The van der Waals surface area contributed by atoms with Crippen molar-refractivity contribution in [1.29, 1.82) is 0 Å². The Morgan fingerprint density at radius 3 is 2.80 bits per heavy atom. The van der Waals surface area contributed by atoms with Crippen LogP contribution in [0.1, 0.15) is 37.3 Å². The van der Waals surface area contributed by atoms with E-state index in [-0.39, 0.29) is 31.2 Å². The number of nitrogens with one attached hydrogen (secondary N) is 2. The second kappa shape index (κ2) is 9.66. The lowest BCUT2D eigenvalue weighted by molar-refractivity contribution is -0.128. The van der Waals surface area contributed by atoms with Gasteiger partial charge in [0.25, 0.3) is 5.91 Å². The number of imide groups is 1. The summed E-state index contributed by atoms with van der Waals surface area (Å²) in [5.74, 6) is 0.438. The minimum atomic E-state index is -0.733. The smallest absolute Gasteiger partial charge is 0.325 e. The molecule has 2 aromatic rings. The number of methoxy groups -OCH3 is 1. The number of urea groups is 1. The number of hydrogen-bond acceptors (Lipinski definition) is 7. The van der Waals surface area contributed by atoms with Crippen LogP contribution >= 0.6 is 11.3 Å². The van der Waals surface area contributed by atoms with E-state index in [0.717, 1.165) is 21.9 Å². The van der Waals surface area contributed by atoms with Crippen LogP contribution in [0.15, 0.2) is 24.3 Å². The number of rotatable bonds is 9. The van der Waals surface area contributed by atoms with Crippen LogP contribution in [0.25, 0.3) is 0 Å². The second-order valence-electron chi connectivity index (χ2n) is 7.42. The number of carbonyl (C=O) groups excluding carboxylic acids is 3. The van der Waals surface area contributed by atoms with E-state index in [1.165, 1.54) is 18.4 Å². The average Bonchev–Trinajstić information content (AvgIpc) is 3.24. The van der Waals surface area contributed by atoms with Crippen LogP contribution < -0.4 is 15.4 Å². The minimum Gasteiger partial charge on any atom is -0.496 e. The molecule has 1 fully saturated rings. The van der Waals surface area contributed by atoms with Crippen molar-refractivity contribution in [3.8, 4) is 5.75 Å². The van der Waals surface area contributed by atoms with Crippen molar-refractivity contribution in [2.24, 2.45) is 5.92 Å². The van der Waals surface area contributed by atoms with Crippen LogP contribution in [0, 0.1) is 5.92 Å². The fourth-order valence-electron chi connectivity index (χ4n) is 3.12. The first-order valence-electron chi connectivity index (χ1n) is 9.73. The monoisotopic (exact) mass is 431 g/mol. The van der Waals surface area contributed by atoms with E-state index in [0.29, 0.717) is 16.8 Å². The molecular formula is C20H25N5O4S. The topological polar surface area (TPSA) is 114 Å². The van der Waals surface area contributed by atoms with Crippen LogP contribution in [-0.4, -0.2) is 46.1 Å². The number of amides is 4. The van der Waals surface area contributed by atoms with Crippen LogP contribution in [0.3, 0.4) is 0 Å². The Bertz CT molecular complexity index is 929. The summed E-state index contributed by atoms with van der Waals surface area (Å²) in [7, 11) is 1.54. The number of anilines is 1. The summed E-state index contributed by atoms with van der Waals surface area (Å²) in [4.78, 5) is 38.3. The first-order chi connectivity index (χ1) is 14.4. The van der Waals surface area contributed by atoms with E-state index in [2.05, 4.69) is 34.7 Å². The van der Waals surface area contributed by atoms with E-state index >= 15 is 0 Å². The Morgan fingerprint density at radius 2 is 2.07 bits per heavy atom. The van der Waals surface area contributed by atoms with Crippen LogP contribution in [0.5, 0.6) is 5.75 Å². The molecule has 0 saturated carbocycles. The lowest BCUT2D eigenvalue weighted by atomic mass is 10.1. The molecule has 3 rings (SSSR count). The number of hydrogen-bond donors (Lipinski definition) is 2. The van der Waals surface area contributed by atoms with Gasteiger partial charge in [-0.2, -0.15) is 0 Å². The average molecular weight is 432 g/mol. The quantitative estimate of drug-likeness (QED) is 0.590. The molecule has 0 bridgehead atoms. The van der Waals surface area contributed by atoms with Gasteiger partial charge in [-0.25, -0.2) is 4.79 Å². The number of benzene rings is 1. The Labute approximate surface area is 178 Å². The lowest BCUT2D eigenvalue weighted by Crippen LogP contribution is -2.31. The highest BCUT2D eigenvalue weighted by Gasteiger charge is 2.38. The van der Waals surface area contributed by atoms with E-state index < -0.39 is 12.1 Å². The first-order valence-corrected chi connectivity index (χ1v) is 10.5. The number of aromatic nitrogens is 2. The standard InChI is InChI=1S/C20H25N5O4S/c1-12(2)10-17-23-24-19(30-17)22-16(26)9-8-14-18(27)25(20(28)21-14)11-13-6-4-5-7-15(13)29-3/h4-7,12,14H,8-11H2,1-3H3,(H,21,28)(H,22,24,26)/t14-/m0/s1. The predicted octanol–water partition coefficient (Wildman–Crippen LogP) is 2.58. The zero-order valence-corrected chi connectivity index (χ0v) is 18.0. The highest BCUT2D eigenvalue weighted by molar-refractivity contribution is 7.15. The van der Waals surface area contributed by atoms with Gasteiger partial charge in [0.15, 0.2) is 0 Å². The maximum absolute atomic E-state index is 12.6. The molecule has 4 amide bonds. The Hall–Kier alpha value is -3.01. The molecule has 1 saturated heterocycles. The van der Waals surface area contributed by atoms with Gasteiger partial charge < -0.3 is 15.4 Å². The summed E-state index contributed by atoms with van der Waals surface area (Å²) in [6.45, 7) is 4.29. The van der Waals surface area contributed by atoms with Gasteiger partial charge in [0.2, 0.25) is 11.0 Å². The molecule has 1 atom stereocenters. The third-order valence-corrected chi connectivity index (χ3v) is 5.45. The van der Waals surface area contributed by atoms with E-state index in [1.807, 2.05) is 12.1 Å². The largest absolute Gasteiger partial charge is 0.496 e. The fraction of sp³-hybridized carbons (Fsp3) is 0.450. The summed E-state index contributed by atoms with van der Waals surface area (Å²) in [5.41, 5.74) is 0.732. The summed E-state index contributed by atoms with van der Waals surface area (Å²) in [5, 5.41) is 14.7. The van der Waals surface area contributed by atoms with Crippen molar-refractivity contribution in [2.45, 2.75) is 45.7 Å². The SMILES string of the molecule is COc1ccccc1CN1C(=O)N[C@@H](CCC(=O)Nc2nnc(CC(C)C)s2)C1=O. The second-order valence-corrected chi connectivity index (χ2v) is 8.49. The molecule has 30 heavy (non-hydrogen) atoms. The number of ether oxygens (including phenoxy) is 1. The summed E-state index contributed by atoms with van der Waals surface area (Å²) in [6.07, 6.45) is 1.09. The Balaban J connectivity index is 1.52. The molecule has 0 spiro atoms. The minimum absolute atomic E-state index is 0.0816. The molecule has 160 valence electrons. The van der Waals surface area contributed by atoms with Crippen LogP contribution in [0.4, 0.5) is 9.93 Å². The third kappa shape index (κ3) is 5.32. The summed E-state index contributed by atoms with van der Waals surface area (Å²) in [6, 6.07) is 6.01. The Kier molecular flexibility index (Phi) is 6.99. The van der Waals surface area contributed by atoms with Crippen molar-refractivity contribution in [3.05, 3.63) is 34.8 Å². The fourth-order valence-corrected chi connectivity index (χ4v) is 4.09. The summed E-state index contributed by atoms with van der Waals surface area (Å²) < 4.78 is 5.28. The number of para-hydroxylation sites is 1. The van der Waals surface area contributed by atoms with Gasteiger partial charge in [-0.05, 0) is 18.4 Å². The maximum atomic E-state index is 12.6. The van der Waals surface area contributed by atoms with Gasteiger partial charge in [-0.1, -0.05) is 43.4 Å². The van der Waals surface area contributed by atoms with E-state index in [9.17, 15) is 14.4 Å². The highest BCUT2D eigenvalue weighted by Crippen LogP contribution is 2.23. The molecule has 1 aliphatic rings. The molecule has 0 radical (unpaired) electrons. The molecule has 1 aromatic heterocycles. The predicted molar refractivity (Wildman–Crippen MR) is 112 cm³/mol. The lowest BCUT2D eigenvalue weighted by Gasteiger charge is -2.15. The highest BCUT2D eigenvalue weighted by atomic mass is 32.1. The first kappa shape index (κ1) is 21.7. The zero-order chi connectivity index (χ0) is 21.7. The van der Waals surface area contributed by atoms with Gasteiger partial charge in [0.1, 0.15) is 16.8 Å². The van der Waals surface area contributed by atoms with Crippen molar-refractivity contribution >= 4 is 34.3 Å². The number of carbonyl (C=O) groups is 3. The van der Waals surface area contributed by atoms with Gasteiger partial charge in [-0.15, -0.1) is 10.2 Å². The molecular weight excluding hydrogens is 406 g/mol. The van der Waals surface area contributed by atoms with E-state index in [4.69, 9.17) is 4.74 Å². The zero-order valence-electron chi connectivity index (χ0n) is 17.2. The van der Waals surface area contributed by atoms with Crippen molar-refractivity contribution < 1.29 is 19.1 Å². The molecule has 2 heterocycles. The van der Waals surface area contributed by atoms with Crippen LogP contribution in [0.2, 0.25) is 0 Å². The molecule has 0 unspecified atom stereocenters. The molecule has 9 nitrogen and oxygen atoms in total. The number of nitrogens with zero attached hydrogens (tertiary/aromatic N) is 3. The molecule has 2 N–H and O–H groups in total. The third-order valence-electron chi connectivity index (χ3n) is 4.58. The van der Waals surface area contributed by atoms with Crippen molar-refractivity contribution in [1.82, 2.24) is 20.4 Å². The Morgan fingerprint density at radius 1 is 1.30 bits per heavy atom. The maximum Gasteiger partial charge on any atom is 0.325 e. The van der Waals surface area contributed by atoms with Crippen molar-refractivity contribution in [2.75, 3.05) is 12.4 Å². The van der Waals surface area contributed by atoms with Gasteiger partial charge in [0, 0.05) is 18.4 Å². The molecule has 1 aromatic carbocycles.